The largest absolute Gasteiger partial charge is 0.478 e. The summed E-state index contributed by atoms with van der Waals surface area (Å²) >= 11 is 0. The lowest BCUT2D eigenvalue weighted by Crippen LogP contribution is -2.31. The fraction of sp³-hybridized carbons (Fsp3) is 0.154. The zero-order valence-electron chi connectivity index (χ0n) is 10.8. The third-order valence-electron chi connectivity index (χ3n) is 2.43. The van der Waals surface area contributed by atoms with E-state index in [0.29, 0.717) is 6.54 Å². The van der Waals surface area contributed by atoms with Gasteiger partial charge in [0.25, 0.3) is 0 Å². The number of carboxylic acids is 2. The summed E-state index contributed by atoms with van der Waals surface area (Å²) in [5.41, 5.74) is -0.332. The molecule has 20 heavy (non-hydrogen) atoms. The van der Waals surface area contributed by atoms with Gasteiger partial charge in [-0.1, -0.05) is 6.08 Å². The minimum Gasteiger partial charge on any atom is -0.478 e. The SMILES string of the molecule is C=CCN(C)C(=O)Nc1cc(C(=O)O)cc(C(=O)O)c1. The molecule has 1 aromatic rings. The van der Waals surface area contributed by atoms with Crippen LogP contribution in [0.2, 0.25) is 0 Å². The van der Waals surface area contributed by atoms with E-state index >= 15 is 0 Å². The van der Waals surface area contributed by atoms with Gasteiger partial charge in [0.15, 0.2) is 0 Å². The maximum absolute atomic E-state index is 11.7. The summed E-state index contributed by atoms with van der Waals surface area (Å²) < 4.78 is 0. The van der Waals surface area contributed by atoms with Gasteiger partial charge in [-0.2, -0.15) is 0 Å². The molecule has 0 aliphatic heterocycles. The Hall–Kier alpha value is -2.83. The van der Waals surface area contributed by atoms with Crippen LogP contribution in [0.4, 0.5) is 10.5 Å². The molecule has 1 aromatic carbocycles. The van der Waals surface area contributed by atoms with Crippen molar-refractivity contribution in [1.29, 1.82) is 0 Å². The van der Waals surface area contributed by atoms with Crippen molar-refractivity contribution < 1.29 is 24.6 Å². The van der Waals surface area contributed by atoms with Crippen LogP contribution in [-0.4, -0.2) is 46.7 Å². The fourth-order valence-electron chi connectivity index (χ4n) is 1.44. The minimum atomic E-state index is -1.27. The Kier molecular flexibility index (Phi) is 4.85. The number of amides is 2. The molecule has 0 spiro atoms. The summed E-state index contributed by atoms with van der Waals surface area (Å²) in [4.78, 5) is 34.9. The first-order chi connectivity index (χ1) is 9.35. The van der Waals surface area contributed by atoms with E-state index in [1.807, 2.05) is 0 Å². The highest BCUT2D eigenvalue weighted by atomic mass is 16.4. The highest BCUT2D eigenvalue weighted by molar-refractivity contribution is 5.98. The van der Waals surface area contributed by atoms with Gasteiger partial charge in [-0.25, -0.2) is 14.4 Å². The first-order valence-electron chi connectivity index (χ1n) is 5.60. The van der Waals surface area contributed by atoms with Crippen molar-refractivity contribution in [3.63, 3.8) is 0 Å². The normalized spacial score (nSPS) is 9.65. The number of carboxylic acid groups (broad SMARTS) is 2. The van der Waals surface area contributed by atoms with Crippen molar-refractivity contribution in [1.82, 2.24) is 4.90 Å². The first kappa shape index (κ1) is 15.2. The number of urea groups is 1. The van der Waals surface area contributed by atoms with E-state index in [2.05, 4.69) is 11.9 Å². The second kappa shape index (κ2) is 6.37. The molecule has 0 aromatic heterocycles. The molecule has 0 bridgehead atoms. The van der Waals surface area contributed by atoms with E-state index in [9.17, 15) is 14.4 Å². The molecule has 7 nitrogen and oxygen atoms in total. The van der Waals surface area contributed by atoms with E-state index in [4.69, 9.17) is 10.2 Å². The van der Waals surface area contributed by atoms with E-state index < -0.39 is 18.0 Å². The number of likely N-dealkylation sites (N-methyl/N-ethyl adjacent to an activating group) is 1. The van der Waals surface area contributed by atoms with Crippen molar-refractivity contribution in [3.8, 4) is 0 Å². The van der Waals surface area contributed by atoms with E-state index in [1.165, 1.54) is 30.2 Å². The van der Waals surface area contributed by atoms with Gasteiger partial charge in [0.1, 0.15) is 0 Å². The maximum atomic E-state index is 11.7. The van der Waals surface area contributed by atoms with Gasteiger partial charge < -0.3 is 20.4 Å². The van der Waals surface area contributed by atoms with Crippen LogP contribution in [-0.2, 0) is 0 Å². The predicted molar refractivity (Wildman–Crippen MR) is 72.2 cm³/mol. The monoisotopic (exact) mass is 278 g/mol. The molecule has 1 rings (SSSR count). The smallest absolute Gasteiger partial charge is 0.335 e. The van der Waals surface area contributed by atoms with Gasteiger partial charge in [-0.05, 0) is 18.2 Å². The second-order valence-corrected chi connectivity index (χ2v) is 4.01. The number of hydrogen-bond donors (Lipinski definition) is 3. The molecule has 0 radical (unpaired) electrons. The van der Waals surface area contributed by atoms with Crippen LogP contribution in [0, 0.1) is 0 Å². The number of hydrogen-bond acceptors (Lipinski definition) is 3. The standard InChI is InChI=1S/C13H14N2O5/c1-3-4-15(2)13(20)14-10-6-8(11(16)17)5-9(7-10)12(18)19/h3,5-7H,1,4H2,2H3,(H,14,20)(H,16,17)(H,18,19). The van der Waals surface area contributed by atoms with Crippen molar-refractivity contribution in [3.05, 3.63) is 42.0 Å². The fourth-order valence-corrected chi connectivity index (χ4v) is 1.44. The van der Waals surface area contributed by atoms with E-state index in [0.717, 1.165) is 6.07 Å². The van der Waals surface area contributed by atoms with Crippen molar-refractivity contribution in [2.75, 3.05) is 18.9 Å². The molecule has 106 valence electrons. The Morgan fingerprint density at radius 1 is 1.20 bits per heavy atom. The third-order valence-corrected chi connectivity index (χ3v) is 2.43. The van der Waals surface area contributed by atoms with Gasteiger partial charge in [-0.15, -0.1) is 6.58 Å². The quantitative estimate of drug-likeness (QED) is 0.711. The number of anilines is 1. The van der Waals surface area contributed by atoms with Crippen LogP contribution >= 0.6 is 0 Å². The minimum absolute atomic E-state index is 0.100. The lowest BCUT2D eigenvalue weighted by atomic mass is 10.1. The highest BCUT2D eigenvalue weighted by Gasteiger charge is 2.14. The molecule has 0 atom stereocenters. The number of nitrogens with zero attached hydrogens (tertiary/aromatic N) is 1. The lowest BCUT2D eigenvalue weighted by molar-refractivity contribution is 0.0696. The average Bonchev–Trinajstić information content (AvgIpc) is 2.38. The molecule has 0 saturated carbocycles. The molecule has 2 amide bonds. The number of benzene rings is 1. The average molecular weight is 278 g/mol. The lowest BCUT2D eigenvalue weighted by Gasteiger charge is -2.16. The molecule has 0 saturated heterocycles. The number of carbonyl (C=O) groups is 3. The molecule has 0 heterocycles. The Morgan fingerprint density at radius 2 is 1.70 bits per heavy atom. The Labute approximate surface area is 115 Å². The van der Waals surface area contributed by atoms with Crippen molar-refractivity contribution in [2.45, 2.75) is 0 Å². The molecule has 7 heteroatoms. The number of carbonyl (C=O) groups excluding carboxylic acids is 1. The molecule has 0 unspecified atom stereocenters. The number of nitrogens with one attached hydrogen (secondary N) is 1. The number of aromatic carboxylic acids is 2. The summed E-state index contributed by atoms with van der Waals surface area (Å²) in [6, 6.07) is 2.90. The Bertz CT molecular complexity index is 536. The van der Waals surface area contributed by atoms with Crippen molar-refractivity contribution >= 4 is 23.7 Å². The Morgan fingerprint density at radius 3 is 2.10 bits per heavy atom. The zero-order valence-corrected chi connectivity index (χ0v) is 10.8. The first-order valence-corrected chi connectivity index (χ1v) is 5.60. The van der Waals surface area contributed by atoms with Crippen LogP contribution in [0.1, 0.15) is 20.7 Å². The Balaban J connectivity index is 3.05. The van der Waals surface area contributed by atoms with E-state index in [-0.39, 0.29) is 16.8 Å². The summed E-state index contributed by atoms with van der Waals surface area (Å²) in [5, 5.41) is 20.3. The predicted octanol–water partition coefficient (Wildman–Crippen LogP) is 1.73. The zero-order chi connectivity index (χ0) is 15.3. The van der Waals surface area contributed by atoms with Gasteiger partial charge >= 0.3 is 18.0 Å². The molecule has 3 N–H and O–H groups in total. The summed E-state index contributed by atoms with van der Waals surface area (Å²) in [5.74, 6) is -2.55. The van der Waals surface area contributed by atoms with Gasteiger partial charge in [0.2, 0.25) is 0 Å². The molecule has 0 aliphatic carbocycles. The molecule has 0 aliphatic rings. The summed E-state index contributed by atoms with van der Waals surface area (Å²) in [6.07, 6.45) is 1.52. The third kappa shape index (κ3) is 3.84. The van der Waals surface area contributed by atoms with Gasteiger partial charge in [0, 0.05) is 19.3 Å². The number of rotatable bonds is 5. The second-order valence-electron chi connectivity index (χ2n) is 4.01. The van der Waals surface area contributed by atoms with Gasteiger partial charge in [-0.3, -0.25) is 0 Å². The molecule has 0 fully saturated rings. The highest BCUT2D eigenvalue weighted by Crippen LogP contribution is 2.16. The summed E-state index contributed by atoms with van der Waals surface area (Å²) in [7, 11) is 1.52. The summed E-state index contributed by atoms with van der Waals surface area (Å²) in [6.45, 7) is 3.79. The van der Waals surface area contributed by atoms with Crippen LogP contribution in [0.3, 0.4) is 0 Å². The van der Waals surface area contributed by atoms with Crippen LogP contribution in [0.15, 0.2) is 30.9 Å². The van der Waals surface area contributed by atoms with Crippen LogP contribution < -0.4 is 5.32 Å². The topological polar surface area (TPSA) is 107 Å². The van der Waals surface area contributed by atoms with Gasteiger partial charge in [0.05, 0.1) is 11.1 Å². The molecular formula is C13H14N2O5. The van der Waals surface area contributed by atoms with Crippen LogP contribution in [0.25, 0.3) is 0 Å². The van der Waals surface area contributed by atoms with Crippen LogP contribution in [0.5, 0.6) is 0 Å². The van der Waals surface area contributed by atoms with E-state index in [1.54, 1.807) is 0 Å². The van der Waals surface area contributed by atoms with Crippen molar-refractivity contribution in [2.24, 2.45) is 0 Å². The molecular weight excluding hydrogens is 264 g/mol. The maximum Gasteiger partial charge on any atom is 0.335 e.